The van der Waals surface area contributed by atoms with Crippen LogP contribution in [0.2, 0.25) is 0 Å². The van der Waals surface area contributed by atoms with Crippen LogP contribution in [0.15, 0.2) is 46.1 Å². The molecule has 2 N–H and O–H groups in total. The van der Waals surface area contributed by atoms with E-state index in [0.29, 0.717) is 50.8 Å². The van der Waals surface area contributed by atoms with Gasteiger partial charge in [-0.1, -0.05) is 18.2 Å². The molecule has 1 amide bonds. The quantitative estimate of drug-likeness (QED) is 0.717. The average Bonchev–Trinajstić information content (AvgIpc) is 2.98. The smallest absolute Gasteiger partial charge is 0.328 e. The molecule has 2 fully saturated rings. The predicted molar refractivity (Wildman–Crippen MR) is 121 cm³/mol. The van der Waals surface area contributed by atoms with Gasteiger partial charge in [0.15, 0.2) is 0 Å². The van der Waals surface area contributed by atoms with Gasteiger partial charge in [-0.25, -0.2) is 9.18 Å². The van der Waals surface area contributed by atoms with Gasteiger partial charge in [0.05, 0.1) is 17.6 Å². The highest BCUT2D eigenvalue weighted by molar-refractivity contribution is 5.83. The van der Waals surface area contributed by atoms with Gasteiger partial charge >= 0.3 is 5.69 Å². The first-order valence-corrected chi connectivity index (χ1v) is 11.5. The minimum absolute atomic E-state index is 0.0134. The van der Waals surface area contributed by atoms with Crippen molar-refractivity contribution in [2.24, 2.45) is 5.41 Å². The van der Waals surface area contributed by atoms with Gasteiger partial charge in [0, 0.05) is 25.4 Å². The molecule has 2 saturated heterocycles. The summed E-state index contributed by atoms with van der Waals surface area (Å²) in [4.78, 5) is 43.7. The number of hydrogen-bond donors (Lipinski definition) is 2. The molecule has 3 heterocycles. The standard InChI is InChI=1S/C24H31FN4O4/c1-27-14-9-24(10-15-27,16-17-4-2-3-5-18(17)25)22(32)28-11-6-19(20(30)7-12-28)29-13-8-21(31)26-23(29)33/h2-5,8,13,19-20,30H,6-7,9-12,14-16H2,1H3,(H,26,31,33)/t19-,20-/m0/s1. The largest absolute Gasteiger partial charge is 0.391 e. The molecule has 9 heteroatoms. The first-order valence-electron chi connectivity index (χ1n) is 11.5. The number of carbonyl (C=O) groups is 1. The number of nitrogens with zero attached hydrogens (tertiary/aromatic N) is 3. The lowest BCUT2D eigenvalue weighted by molar-refractivity contribution is -0.145. The van der Waals surface area contributed by atoms with E-state index in [9.17, 15) is 23.9 Å². The second-order valence-electron chi connectivity index (χ2n) is 9.37. The maximum Gasteiger partial charge on any atom is 0.328 e. The number of halogens is 1. The molecule has 178 valence electrons. The van der Waals surface area contributed by atoms with Crippen molar-refractivity contribution in [3.63, 3.8) is 0 Å². The molecule has 8 nitrogen and oxygen atoms in total. The van der Waals surface area contributed by atoms with Crippen LogP contribution in [0.25, 0.3) is 0 Å². The summed E-state index contributed by atoms with van der Waals surface area (Å²) in [5.74, 6) is -0.312. The van der Waals surface area contributed by atoms with Gasteiger partial charge in [-0.2, -0.15) is 0 Å². The Morgan fingerprint density at radius 1 is 1.12 bits per heavy atom. The monoisotopic (exact) mass is 458 g/mol. The Kier molecular flexibility index (Phi) is 6.81. The fourth-order valence-corrected chi connectivity index (χ4v) is 5.14. The molecule has 0 radical (unpaired) electrons. The van der Waals surface area contributed by atoms with Gasteiger partial charge in [-0.15, -0.1) is 0 Å². The summed E-state index contributed by atoms with van der Waals surface area (Å²) < 4.78 is 15.8. The maximum atomic E-state index is 14.5. The first kappa shape index (κ1) is 23.4. The molecule has 2 atom stereocenters. The highest BCUT2D eigenvalue weighted by atomic mass is 19.1. The van der Waals surface area contributed by atoms with Crippen molar-refractivity contribution in [2.75, 3.05) is 33.2 Å². The van der Waals surface area contributed by atoms with Crippen LogP contribution in [0.5, 0.6) is 0 Å². The fourth-order valence-electron chi connectivity index (χ4n) is 5.14. The van der Waals surface area contributed by atoms with Gasteiger partial charge in [0.25, 0.3) is 5.56 Å². The molecule has 0 unspecified atom stereocenters. The van der Waals surface area contributed by atoms with E-state index in [4.69, 9.17) is 0 Å². The number of benzene rings is 1. The van der Waals surface area contributed by atoms with Crippen LogP contribution < -0.4 is 11.2 Å². The highest BCUT2D eigenvalue weighted by Crippen LogP contribution is 2.38. The van der Waals surface area contributed by atoms with Crippen molar-refractivity contribution in [1.82, 2.24) is 19.4 Å². The molecule has 1 aromatic heterocycles. The molecule has 33 heavy (non-hydrogen) atoms. The fraction of sp³-hybridized carbons (Fsp3) is 0.542. The first-order chi connectivity index (χ1) is 15.8. The maximum absolute atomic E-state index is 14.5. The Balaban J connectivity index is 1.57. The van der Waals surface area contributed by atoms with E-state index in [1.807, 2.05) is 7.05 Å². The average molecular weight is 459 g/mol. The summed E-state index contributed by atoms with van der Waals surface area (Å²) in [5.41, 5.74) is -1.22. The lowest BCUT2D eigenvalue weighted by atomic mass is 9.72. The van der Waals surface area contributed by atoms with Crippen LogP contribution in [0.3, 0.4) is 0 Å². The van der Waals surface area contributed by atoms with E-state index in [2.05, 4.69) is 9.88 Å². The summed E-state index contributed by atoms with van der Waals surface area (Å²) in [6.45, 7) is 2.25. The number of rotatable bonds is 4. The number of likely N-dealkylation sites (tertiary alicyclic amines) is 2. The molecule has 2 aliphatic heterocycles. The third kappa shape index (κ3) is 4.94. The van der Waals surface area contributed by atoms with E-state index in [1.165, 1.54) is 22.9 Å². The summed E-state index contributed by atoms with van der Waals surface area (Å²) in [7, 11) is 2.02. The number of nitrogens with one attached hydrogen (secondary N) is 1. The van der Waals surface area contributed by atoms with Gasteiger partial charge in [-0.3, -0.25) is 19.1 Å². The van der Waals surface area contributed by atoms with E-state index in [1.54, 1.807) is 23.1 Å². The molecule has 0 saturated carbocycles. The third-order valence-electron chi connectivity index (χ3n) is 7.21. The topological polar surface area (TPSA) is 98.6 Å². The Bertz CT molecular complexity index is 1110. The van der Waals surface area contributed by atoms with Crippen molar-refractivity contribution >= 4 is 5.91 Å². The second-order valence-corrected chi connectivity index (χ2v) is 9.37. The zero-order valence-corrected chi connectivity index (χ0v) is 18.9. The van der Waals surface area contributed by atoms with Gasteiger partial charge in [0.1, 0.15) is 5.82 Å². The van der Waals surface area contributed by atoms with Crippen LogP contribution in [0.4, 0.5) is 4.39 Å². The van der Waals surface area contributed by atoms with Crippen molar-refractivity contribution in [3.8, 4) is 0 Å². The Morgan fingerprint density at radius 2 is 1.82 bits per heavy atom. The molecular weight excluding hydrogens is 427 g/mol. The van der Waals surface area contributed by atoms with Crippen LogP contribution in [-0.2, 0) is 11.2 Å². The van der Waals surface area contributed by atoms with Crippen molar-refractivity contribution < 1.29 is 14.3 Å². The van der Waals surface area contributed by atoms with E-state index in [-0.39, 0.29) is 11.7 Å². The van der Waals surface area contributed by atoms with Crippen molar-refractivity contribution in [2.45, 2.75) is 44.2 Å². The van der Waals surface area contributed by atoms with Crippen LogP contribution in [0, 0.1) is 11.2 Å². The van der Waals surface area contributed by atoms with E-state index in [0.717, 1.165) is 13.1 Å². The Labute approximate surface area is 191 Å². The van der Waals surface area contributed by atoms with Crippen molar-refractivity contribution in [1.29, 1.82) is 0 Å². The van der Waals surface area contributed by atoms with Gasteiger partial charge in [-0.05, 0) is 63.9 Å². The van der Waals surface area contributed by atoms with Crippen LogP contribution in [-0.4, -0.2) is 69.7 Å². The summed E-state index contributed by atoms with van der Waals surface area (Å²) >= 11 is 0. The molecule has 4 rings (SSSR count). The Hall–Kier alpha value is -2.78. The second kappa shape index (κ2) is 9.61. The number of aliphatic hydroxyl groups is 1. The molecule has 1 aromatic carbocycles. The highest BCUT2D eigenvalue weighted by Gasteiger charge is 2.44. The number of H-pyrrole nitrogens is 1. The summed E-state index contributed by atoms with van der Waals surface area (Å²) in [6, 6.07) is 7.33. The number of aliphatic hydroxyl groups excluding tert-OH is 1. The van der Waals surface area contributed by atoms with Gasteiger partial charge < -0.3 is 14.9 Å². The molecule has 2 aromatic rings. The zero-order valence-electron chi connectivity index (χ0n) is 18.9. The normalized spacial score (nSPS) is 23.8. The molecule has 0 aliphatic carbocycles. The molecule has 0 spiro atoms. The minimum Gasteiger partial charge on any atom is -0.391 e. The lowest BCUT2D eigenvalue weighted by Crippen LogP contribution is -2.51. The summed E-state index contributed by atoms with van der Waals surface area (Å²) in [6.07, 6.45) is 2.88. The SMILES string of the molecule is CN1CCC(Cc2ccccc2F)(C(=O)N2CC[C@H](O)[C@@H](n3ccc(=O)[nH]c3=O)CC2)CC1. The van der Waals surface area contributed by atoms with Gasteiger partial charge in [0.2, 0.25) is 5.91 Å². The number of aromatic nitrogens is 2. The number of carbonyl (C=O) groups excluding carboxylic acids is 1. The molecule has 0 bridgehead atoms. The number of aromatic amines is 1. The Morgan fingerprint density at radius 3 is 2.52 bits per heavy atom. The zero-order chi connectivity index (χ0) is 23.6. The third-order valence-corrected chi connectivity index (χ3v) is 7.21. The summed E-state index contributed by atoms with van der Waals surface area (Å²) in [5, 5.41) is 10.7. The lowest BCUT2D eigenvalue weighted by Gasteiger charge is -2.42. The minimum atomic E-state index is -0.827. The van der Waals surface area contributed by atoms with Crippen LogP contribution >= 0.6 is 0 Å². The van der Waals surface area contributed by atoms with Crippen LogP contribution in [0.1, 0.15) is 37.3 Å². The number of amides is 1. The number of piperidine rings is 1. The van der Waals surface area contributed by atoms with E-state index < -0.39 is 28.8 Å². The molecular formula is C24H31FN4O4. The molecule has 2 aliphatic rings. The van der Waals surface area contributed by atoms with Crippen molar-refractivity contribution in [3.05, 3.63) is 68.7 Å². The predicted octanol–water partition coefficient (Wildman–Crippen LogP) is 1.15. The van der Waals surface area contributed by atoms with E-state index >= 15 is 0 Å². The number of hydrogen-bond acceptors (Lipinski definition) is 5.